The third-order valence-electron chi connectivity index (χ3n) is 4.94. The first-order valence-corrected chi connectivity index (χ1v) is 12.1. The number of carbonyl (C=O) groups is 1. The normalized spacial score (nSPS) is 15.6. The van der Waals surface area contributed by atoms with Gasteiger partial charge in [-0.05, 0) is 48.6 Å². The van der Waals surface area contributed by atoms with Crippen molar-refractivity contribution >= 4 is 27.3 Å². The van der Waals surface area contributed by atoms with Crippen LogP contribution in [0.4, 0.5) is 0 Å². The van der Waals surface area contributed by atoms with Gasteiger partial charge in [0.1, 0.15) is 0 Å². The molecule has 1 fully saturated rings. The number of aromatic nitrogens is 2. The maximum Gasteiger partial charge on any atom is 0.316 e. The maximum atomic E-state index is 12.9. The highest BCUT2D eigenvalue weighted by Gasteiger charge is 2.25. The number of thiophene rings is 1. The summed E-state index contributed by atoms with van der Waals surface area (Å²) in [5.41, 5.74) is 0.575. The fraction of sp³-hybridized carbons (Fsp3) is 0.350. The molecule has 1 aliphatic rings. The Morgan fingerprint density at radius 2 is 1.83 bits per heavy atom. The van der Waals surface area contributed by atoms with Crippen LogP contribution in [-0.4, -0.2) is 41.9 Å². The van der Waals surface area contributed by atoms with Crippen LogP contribution in [-0.2, 0) is 16.6 Å². The lowest BCUT2D eigenvalue weighted by Crippen LogP contribution is -2.31. The summed E-state index contributed by atoms with van der Waals surface area (Å²) in [6.45, 7) is 1.50. The minimum absolute atomic E-state index is 0.136. The van der Waals surface area contributed by atoms with Gasteiger partial charge in [-0.2, -0.15) is 9.29 Å². The number of benzene rings is 1. The van der Waals surface area contributed by atoms with E-state index >= 15 is 0 Å². The number of hydrogen-bond acceptors (Lipinski definition) is 7. The molecule has 1 saturated heterocycles. The topological polar surface area (TPSA) is 105 Å². The minimum Gasteiger partial charge on any atom is -0.343 e. The molecule has 4 rings (SSSR count). The minimum atomic E-state index is -3.52. The van der Waals surface area contributed by atoms with E-state index in [1.807, 2.05) is 17.5 Å². The third kappa shape index (κ3) is 4.61. The number of sulfonamides is 1. The molecule has 1 N–H and O–H groups in total. The highest BCUT2D eigenvalue weighted by atomic mass is 32.2. The molecule has 0 radical (unpaired) electrons. The zero-order chi connectivity index (χ0) is 21.0. The second-order valence-corrected chi connectivity index (χ2v) is 10.00. The van der Waals surface area contributed by atoms with E-state index in [2.05, 4.69) is 15.5 Å². The Morgan fingerprint density at radius 3 is 2.50 bits per heavy atom. The smallest absolute Gasteiger partial charge is 0.316 e. The molecule has 1 aromatic carbocycles. The quantitative estimate of drug-likeness (QED) is 0.623. The standard InChI is InChI=1S/C20H22N4O4S2/c25-19(21-14-16-6-5-13-29-16)20-22-18(23-28-20)15-7-9-17(10-8-15)30(26,27)24-11-3-1-2-4-12-24/h5-10,13H,1-4,11-12,14H2,(H,21,25). The molecule has 1 aliphatic heterocycles. The van der Waals surface area contributed by atoms with Crippen LogP contribution in [0.1, 0.15) is 41.2 Å². The first-order valence-electron chi connectivity index (χ1n) is 9.79. The van der Waals surface area contributed by atoms with Crippen LogP contribution in [0.3, 0.4) is 0 Å². The van der Waals surface area contributed by atoms with Gasteiger partial charge in [-0.1, -0.05) is 24.1 Å². The van der Waals surface area contributed by atoms with Crippen molar-refractivity contribution < 1.29 is 17.7 Å². The highest BCUT2D eigenvalue weighted by Crippen LogP contribution is 2.23. The van der Waals surface area contributed by atoms with Gasteiger partial charge in [-0.25, -0.2) is 8.42 Å². The molecule has 0 bridgehead atoms. The van der Waals surface area contributed by atoms with E-state index in [1.165, 1.54) is 0 Å². The molecule has 0 unspecified atom stereocenters. The average molecular weight is 447 g/mol. The van der Waals surface area contributed by atoms with E-state index < -0.39 is 15.9 Å². The molecule has 0 aliphatic carbocycles. The predicted octanol–water partition coefficient (Wildman–Crippen LogP) is 3.29. The molecule has 3 heterocycles. The summed E-state index contributed by atoms with van der Waals surface area (Å²) >= 11 is 1.54. The summed E-state index contributed by atoms with van der Waals surface area (Å²) in [5, 5.41) is 8.50. The lowest BCUT2D eigenvalue weighted by molar-refractivity contribution is 0.0907. The molecule has 8 nitrogen and oxygen atoms in total. The van der Waals surface area contributed by atoms with Gasteiger partial charge in [0, 0.05) is 23.5 Å². The SMILES string of the molecule is O=C(NCc1cccs1)c1nc(-c2ccc(S(=O)(=O)N3CCCCCC3)cc2)no1. The molecule has 0 spiro atoms. The van der Waals surface area contributed by atoms with Crippen LogP contribution in [0.25, 0.3) is 11.4 Å². The van der Waals surface area contributed by atoms with Gasteiger partial charge in [0.25, 0.3) is 0 Å². The summed E-state index contributed by atoms with van der Waals surface area (Å²) in [4.78, 5) is 17.6. The Bertz CT molecular complexity index is 1080. The predicted molar refractivity (Wildman–Crippen MR) is 112 cm³/mol. The number of carbonyl (C=O) groups excluding carboxylic acids is 1. The molecule has 30 heavy (non-hydrogen) atoms. The summed E-state index contributed by atoms with van der Waals surface area (Å²) in [5.74, 6) is -0.361. The number of nitrogens with one attached hydrogen (secondary N) is 1. The molecule has 3 aromatic rings. The fourth-order valence-electron chi connectivity index (χ4n) is 3.30. The van der Waals surface area contributed by atoms with Gasteiger partial charge in [0.15, 0.2) is 0 Å². The largest absolute Gasteiger partial charge is 0.343 e. The number of hydrogen-bond donors (Lipinski definition) is 1. The second-order valence-electron chi connectivity index (χ2n) is 7.03. The summed E-state index contributed by atoms with van der Waals surface area (Å²) in [6.07, 6.45) is 3.90. The van der Waals surface area contributed by atoms with Crippen LogP contribution in [0.5, 0.6) is 0 Å². The molecule has 158 valence electrons. The molecule has 10 heteroatoms. The van der Waals surface area contributed by atoms with Crippen molar-refractivity contribution in [3.05, 3.63) is 52.5 Å². The molecule has 1 amide bonds. The monoisotopic (exact) mass is 446 g/mol. The molecule has 0 atom stereocenters. The van der Waals surface area contributed by atoms with Crippen molar-refractivity contribution in [1.82, 2.24) is 19.8 Å². The average Bonchev–Trinajstić information content (AvgIpc) is 3.39. The Morgan fingerprint density at radius 1 is 1.10 bits per heavy atom. The van der Waals surface area contributed by atoms with E-state index in [-0.39, 0.29) is 16.6 Å². The van der Waals surface area contributed by atoms with Gasteiger partial charge in [0.2, 0.25) is 15.8 Å². The van der Waals surface area contributed by atoms with Gasteiger partial charge in [-0.15, -0.1) is 11.3 Å². The number of amides is 1. The van der Waals surface area contributed by atoms with Crippen LogP contribution in [0, 0.1) is 0 Å². The summed E-state index contributed by atoms with van der Waals surface area (Å²) in [6, 6.07) is 10.2. The van der Waals surface area contributed by atoms with Gasteiger partial charge >= 0.3 is 11.8 Å². The van der Waals surface area contributed by atoms with Gasteiger partial charge in [0.05, 0.1) is 11.4 Å². The van der Waals surface area contributed by atoms with Crippen molar-refractivity contribution in [2.45, 2.75) is 37.1 Å². The first kappa shape index (κ1) is 20.7. The van der Waals surface area contributed by atoms with E-state index in [0.717, 1.165) is 30.6 Å². The molecule has 2 aromatic heterocycles. The van der Waals surface area contributed by atoms with Crippen molar-refractivity contribution in [1.29, 1.82) is 0 Å². The lowest BCUT2D eigenvalue weighted by atomic mass is 10.2. The fourth-order valence-corrected chi connectivity index (χ4v) is 5.46. The Labute approximate surface area is 179 Å². The first-order chi connectivity index (χ1) is 14.5. The zero-order valence-corrected chi connectivity index (χ0v) is 17.9. The molecular weight excluding hydrogens is 424 g/mol. The Hall–Kier alpha value is -2.56. The Balaban J connectivity index is 1.44. The van der Waals surface area contributed by atoms with Crippen LogP contribution in [0.2, 0.25) is 0 Å². The zero-order valence-electron chi connectivity index (χ0n) is 16.3. The molecule has 0 saturated carbocycles. The van der Waals surface area contributed by atoms with Crippen LogP contribution < -0.4 is 5.32 Å². The van der Waals surface area contributed by atoms with E-state index in [1.54, 1.807) is 39.9 Å². The van der Waals surface area contributed by atoms with Gasteiger partial charge in [-0.3, -0.25) is 4.79 Å². The van der Waals surface area contributed by atoms with Crippen LogP contribution in [0.15, 0.2) is 51.2 Å². The summed E-state index contributed by atoms with van der Waals surface area (Å²) in [7, 11) is -3.52. The maximum absolute atomic E-state index is 12.9. The third-order valence-corrected chi connectivity index (χ3v) is 7.73. The van der Waals surface area contributed by atoms with Crippen molar-refractivity contribution in [3.8, 4) is 11.4 Å². The van der Waals surface area contributed by atoms with Crippen molar-refractivity contribution in [2.24, 2.45) is 0 Å². The summed E-state index contributed by atoms with van der Waals surface area (Å²) < 4.78 is 32.4. The molecular formula is C20H22N4O4S2. The van der Waals surface area contributed by atoms with Crippen molar-refractivity contribution in [3.63, 3.8) is 0 Å². The van der Waals surface area contributed by atoms with E-state index in [0.29, 0.717) is 25.2 Å². The van der Waals surface area contributed by atoms with E-state index in [4.69, 9.17) is 4.52 Å². The van der Waals surface area contributed by atoms with Gasteiger partial charge < -0.3 is 9.84 Å². The van der Waals surface area contributed by atoms with Crippen LogP contribution >= 0.6 is 11.3 Å². The second kappa shape index (κ2) is 9.07. The number of nitrogens with zero attached hydrogens (tertiary/aromatic N) is 3. The number of rotatable bonds is 6. The van der Waals surface area contributed by atoms with E-state index in [9.17, 15) is 13.2 Å². The Kier molecular flexibility index (Phi) is 6.26. The lowest BCUT2D eigenvalue weighted by Gasteiger charge is -2.19. The van der Waals surface area contributed by atoms with Crippen molar-refractivity contribution in [2.75, 3.05) is 13.1 Å². The highest BCUT2D eigenvalue weighted by molar-refractivity contribution is 7.89.